The number of benzene rings is 1. The highest BCUT2D eigenvalue weighted by Crippen LogP contribution is 2.35. The Morgan fingerprint density at radius 2 is 2.15 bits per heavy atom. The van der Waals surface area contributed by atoms with E-state index in [4.69, 9.17) is 9.47 Å². The van der Waals surface area contributed by atoms with E-state index < -0.39 is 0 Å². The molecule has 3 rings (SSSR count). The first kappa shape index (κ1) is 19.0. The van der Waals surface area contributed by atoms with E-state index >= 15 is 0 Å². The number of ether oxygens (including phenoxy) is 2. The van der Waals surface area contributed by atoms with Crippen molar-refractivity contribution in [3.8, 4) is 27.7 Å². The third-order valence-corrected chi connectivity index (χ3v) is 4.83. The summed E-state index contributed by atoms with van der Waals surface area (Å²) in [5.41, 5.74) is 2.21. The highest BCUT2D eigenvalue weighted by Gasteiger charge is 2.19. The van der Waals surface area contributed by atoms with E-state index in [2.05, 4.69) is 39.5 Å². The zero-order chi connectivity index (χ0) is 19.4. The first-order valence-electron chi connectivity index (χ1n) is 8.65. The van der Waals surface area contributed by atoms with Gasteiger partial charge in [0.05, 0.1) is 24.5 Å². The Kier molecular flexibility index (Phi) is 5.80. The fourth-order valence-electron chi connectivity index (χ4n) is 2.40. The quantitative estimate of drug-likeness (QED) is 0.619. The highest BCUT2D eigenvalue weighted by atomic mass is 32.1. The van der Waals surface area contributed by atoms with Crippen LogP contribution < -0.4 is 4.74 Å². The van der Waals surface area contributed by atoms with Crippen molar-refractivity contribution in [3.05, 3.63) is 28.8 Å². The number of nitrogens with one attached hydrogen (secondary N) is 1. The second-order valence-corrected chi connectivity index (χ2v) is 7.30. The number of nitrogens with zero attached hydrogens (tertiary/aromatic N) is 4. The van der Waals surface area contributed by atoms with Crippen molar-refractivity contribution in [1.82, 2.24) is 25.6 Å². The van der Waals surface area contributed by atoms with Gasteiger partial charge in [-0.05, 0) is 43.2 Å². The predicted molar refractivity (Wildman–Crippen MR) is 102 cm³/mol. The summed E-state index contributed by atoms with van der Waals surface area (Å²) in [7, 11) is 0. The molecule has 0 saturated carbocycles. The Hall–Kier alpha value is -2.81. The molecule has 0 aliphatic carbocycles. The summed E-state index contributed by atoms with van der Waals surface area (Å²) in [5, 5.41) is 14.9. The number of esters is 1. The monoisotopic (exact) mass is 387 g/mol. The number of hydrogen-bond donors (Lipinski definition) is 1. The maximum Gasteiger partial charge on any atom is 0.350 e. The van der Waals surface area contributed by atoms with Gasteiger partial charge in [0.2, 0.25) is 5.82 Å². The number of thiazole rings is 1. The van der Waals surface area contributed by atoms with Gasteiger partial charge in [0.15, 0.2) is 0 Å². The summed E-state index contributed by atoms with van der Waals surface area (Å²) in [5.74, 6) is 1.15. The number of rotatable bonds is 7. The van der Waals surface area contributed by atoms with Crippen molar-refractivity contribution in [2.45, 2.75) is 27.7 Å². The average Bonchev–Trinajstić information content (AvgIpc) is 3.30. The number of carbonyl (C=O) groups excluding carboxylic acids is 1. The highest BCUT2D eigenvalue weighted by molar-refractivity contribution is 7.17. The van der Waals surface area contributed by atoms with E-state index in [0.717, 1.165) is 10.6 Å². The molecular formula is C18H21N5O3S. The van der Waals surface area contributed by atoms with Crippen LogP contribution in [-0.2, 0) is 4.74 Å². The van der Waals surface area contributed by atoms with Crippen LogP contribution in [0.15, 0.2) is 18.2 Å². The van der Waals surface area contributed by atoms with Crippen LogP contribution in [-0.4, -0.2) is 44.8 Å². The van der Waals surface area contributed by atoms with Gasteiger partial charge in [-0.1, -0.05) is 13.8 Å². The summed E-state index contributed by atoms with van der Waals surface area (Å²) >= 11 is 1.30. The van der Waals surface area contributed by atoms with Crippen molar-refractivity contribution < 1.29 is 14.3 Å². The van der Waals surface area contributed by atoms with Crippen molar-refractivity contribution >= 4 is 17.3 Å². The second kappa shape index (κ2) is 8.26. The average molecular weight is 387 g/mol. The largest absolute Gasteiger partial charge is 0.493 e. The molecule has 27 heavy (non-hydrogen) atoms. The van der Waals surface area contributed by atoms with Gasteiger partial charge < -0.3 is 9.47 Å². The zero-order valence-electron chi connectivity index (χ0n) is 15.6. The first-order chi connectivity index (χ1) is 13.0. The number of H-pyrrole nitrogens is 1. The molecule has 1 N–H and O–H groups in total. The number of hydrogen-bond acceptors (Lipinski definition) is 8. The summed E-state index contributed by atoms with van der Waals surface area (Å²) < 4.78 is 11.0. The lowest BCUT2D eigenvalue weighted by molar-refractivity contribution is 0.0531. The molecule has 0 amide bonds. The van der Waals surface area contributed by atoms with Crippen molar-refractivity contribution in [2.24, 2.45) is 5.92 Å². The molecule has 3 aromatic rings. The number of aromatic amines is 1. The van der Waals surface area contributed by atoms with Crippen molar-refractivity contribution in [2.75, 3.05) is 13.2 Å². The van der Waals surface area contributed by atoms with Crippen LogP contribution in [0.1, 0.15) is 36.1 Å². The maximum atomic E-state index is 12.1. The van der Waals surface area contributed by atoms with Crippen LogP contribution in [0.2, 0.25) is 0 Å². The van der Waals surface area contributed by atoms with Gasteiger partial charge in [-0.3, -0.25) is 0 Å². The lowest BCUT2D eigenvalue weighted by Gasteiger charge is -2.12. The smallest absolute Gasteiger partial charge is 0.350 e. The summed E-state index contributed by atoms with van der Waals surface area (Å²) in [6.07, 6.45) is 0. The molecule has 2 aromatic heterocycles. The lowest BCUT2D eigenvalue weighted by atomic mass is 10.1. The fraction of sp³-hybridized carbons (Fsp3) is 0.389. The van der Waals surface area contributed by atoms with Gasteiger partial charge in [0.25, 0.3) is 0 Å². The van der Waals surface area contributed by atoms with E-state index in [9.17, 15) is 4.79 Å². The molecule has 142 valence electrons. The van der Waals surface area contributed by atoms with Gasteiger partial charge >= 0.3 is 5.97 Å². The molecule has 0 aliphatic rings. The van der Waals surface area contributed by atoms with Crippen LogP contribution in [0.25, 0.3) is 22.0 Å². The van der Waals surface area contributed by atoms with Crippen LogP contribution in [0.5, 0.6) is 5.75 Å². The van der Waals surface area contributed by atoms with E-state index in [0.29, 0.717) is 46.8 Å². The molecule has 0 radical (unpaired) electrons. The molecule has 0 unspecified atom stereocenters. The minimum atomic E-state index is -0.353. The summed E-state index contributed by atoms with van der Waals surface area (Å²) in [4.78, 5) is 17.1. The van der Waals surface area contributed by atoms with Crippen molar-refractivity contribution in [3.63, 3.8) is 0 Å². The van der Waals surface area contributed by atoms with Crippen LogP contribution in [0, 0.1) is 12.8 Å². The molecule has 0 bridgehead atoms. The Morgan fingerprint density at radius 3 is 2.81 bits per heavy atom. The number of carbonyl (C=O) groups is 1. The molecule has 2 heterocycles. The van der Waals surface area contributed by atoms with Gasteiger partial charge in [-0.2, -0.15) is 5.21 Å². The van der Waals surface area contributed by atoms with Gasteiger partial charge in [-0.25, -0.2) is 9.78 Å². The topological polar surface area (TPSA) is 103 Å². The third kappa shape index (κ3) is 4.30. The molecule has 0 spiro atoms. The van der Waals surface area contributed by atoms with Gasteiger partial charge in [-0.15, -0.1) is 21.5 Å². The lowest BCUT2D eigenvalue weighted by Crippen LogP contribution is -2.05. The zero-order valence-corrected chi connectivity index (χ0v) is 16.5. The third-order valence-electron chi connectivity index (χ3n) is 3.64. The number of tetrazole rings is 1. The Bertz CT molecular complexity index is 921. The molecule has 0 aliphatic heterocycles. The van der Waals surface area contributed by atoms with E-state index in [1.165, 1.54) is 11.3 Å². The maximum absolute atomic E-state index is 12.1. The molecule has 9 heteroatoms. The predicted octanol–water partition coefficient (Wildman–Crippen LogP) is 3.51. The fourth-order valence-corrected chi connectivity index (χ4v) is 3.36. The standard InChI is InChI=1S/C18H21N5O3S/c1-5-25-18(24)15-11(4)19-17(27-15)12-6-7-14(26-9-10(2)3)13(8-12)16-20-22-23-21-16/h6-8,10H,5,9H2,1-4H3,(H,20,21,22,23). The minimum Gasteiger partial charge on any atom is -0.493 e. The summed E-state index contributed by atoms with van der Waals surface area (Å²) in [6.45, 7) is 8.65. The first-order valence-corrected chi connectivity index (χ1v) is 9.46. The van der Waals surface area contributed by atoms with Gasteiger partial charge in [0, 0.05) is 5.56 Å². The molecule has 0 fully saturated rings. The normalized spacial score (nSPS) is 11.0. The molecular weight excluding hydrogens is 366 g/mol. The Labute approximate surface area is 160 Å². The van der Waals surface area contributed by atoms with Gasteiger partial charge in [0.1, 0.15) is 15.6 Å². The second-order valence-electron chi connectivity index (χ2n) is 6.31. The Balaban J connectivity index is 1.99. The van der Waals surface area contributed by atoms with Crippen LogP contribution in [0.4, 0.5) is 0 Å². The number of aryl methyl sites for hydroxylation is 1. The van der Waals surface area contributed by atoms with E-state index in [-0.39, 0.29) is 5.97 Å². The SMILES string of the molecule is CCOC(=O)c1sc(-c2ccc(OCC(C)C)c(-c3nn[nH]n3)c2)nc1C. The Morgan fingerprint density at radius 1 is 1.33 bits per heavy atom. The molecule has 0 atom stereocenters. The summed E-state index contributed by atoms with van der Waals surface area (Å²) in [6, 6.07) is 5.67. The van der Waals surface area contributed by atoms with E-state index in [1.54, 1.807) is 13.8 Å². The molecule has 0 saturated heterocycles. The molecule has 1 aromatic carbocycles. The van der Waals surface area contributed by atoms with Crippen LogP contribution in [0.3, 0.4) is 0 Å². The number of aromatic nitrogens is 5. The van der Waals surface area contributed by atoms with Crippen LogP contribution >= 0.6 is 11.3 Å². The molecule has 8 nitrogen and oxygen atoms in total. The van der Waals surface area contributed by atoms with Crippen molar-refractivity contribution in [1.29, 1.82) is 0 Å². The van der Waals surface area contributed by atoms with E-state index in [1.807, 2.05) is 18.2 Å². The minimum absolute atomic E-state index is 0.329.